The van der Waals surface area contributed by atoms with E-state index in [-0.39, 0.29) is 23.3 Å². The lowest BCUT2D eigenvalue weighted by molar-refractivity contribution is 0.102. The topological polar surface area (TPSA) is 124 Å². The summed E-state index contributed by atoms with van der Waals surface area (Å²) >= 11 is 0. The summed E-state index contributed by atoms with van der Waals surface area (Å²) in [5.41, 5.74) is 2.85. The molecule has 3 aromatic carbocycles. The summed E-state index contributed by atoms with van der Waals surface area (Å²) in [6, 6.07) is 18.8. The number of aryl methyl sites for hydroxylation is 1. The maximum atomic E-state index is 13.3. The molecule has 4 aromatic rings. The number of hydrogen-bond acceptors (Lipinski definition) is 8. The van der Waals surface area contributed by atoms with Gasteiger partial charge in [0.15, 0.2) is 11.5 Å². The first kappa shape index (κ1) is 23.0. The molecule has 2 aliphatic heterocycles. The minimum Gasteiger partial charge on any atom is -0.454 e. The highest BCUT2D eigenvalue weighted by Gasteiger charge is 2.29. The van der Waals surface area contributed by atoms with Crippen molar-refractivity contribution in [2.45, 2.75) is 24.2 Å². The van der Waals surface area contributed by atoms with Crippen LogP contribution < -0.4 is 19.1 Å². The highest BCUT2D eigenvalue weighted by atomic mass is 32.2. The fourth-order valence-electron chi connectivity index (χ4n) is 4.42. The molecule has 1 amide bonds. The van der Waals surface area contributed by atoms with Gasteiger partial charge in [-0.15, -0.1) is 5.10 Å². The standard InChI is InChI=1S/C26H22N4O6S/c31-25(27-26-29-28-24(36-26)15-17-7-12-22-23(14-17)35-16-34-22)19-8-10-20(11-9-19)37(32,33)30-13-3-5-18-4-1-2-6-21(18)30/h1-2,4,6-12,14H,3,5,13,15-16H2,(H,27,29,31). The number of carbonyl (C=O) groups excluding carboxylic acids is 1. The number of nitrogens with one attached hydrogen (secondary N) is 1. The van der Waals surface area contributed by atoms with Gasteiger partial charge in [0.25, 0.3) is 15.9 Å². The van der Waals surface area contributed by atoms with Crippen molar-refractivity contribution in [1.29, 1.82) is 0 Å². The van der Waals surface area contributed by atoms with Crippen LogP contribution in [0.15, 0.2) is 76.0 Å². The van der Waals surface area contributed by atoms with Crippen LogP contribution in [0.2, 0.25) is 0 Å². The molecule has 0 atom stereocenters. The number of hydrogen-bond donors (Lipinski definition) is 1. The molecule has 3 heterocycles. The number of aromatic nitrogens is 2. The van der Waals surface area contributed by atoms with Crippen LogP contribution >= 0.6 is 0 Å². The number of amides is 1. The number of nitrogens with zero attached hydrogens (tertiary/aromatic N) is 3. The zero-order valence-corrected chi connectivity index (χ0v) is 20.4. The van der Waals surface area contributed by atoms with Crippen LogP contribution in [0.5, 0.6) is 11.5 Å². The van der Waals surface area contributed by atoms with E-state index in [9.17, 15) is 13.2 Å². The number of carbonyl (C=O) groups is 1. The fourth-order valence-corrected chi connectivity index (χ4v) is 5.97. The molecule has 11 heteroatoms. The molecule has 0 saturated heterocycles. The number of fused-ring (bicyclic) bond motifs is 2. The van der Waals surface area contributed by atoms with Crippen LogP contribution in [0, 0.1) is 0 Å². The molecule has 6 rings (SSSR count). The number of para-hydroxylation sites is 1. The smallest absolute Gasteiger partial charge is 0.322 e. The molecule has 37 heavy (non-hydrogen) atoms. The van der Waals surface area contributed by atoms with Crippen molar-refractivity contribution in [1.82, 2.24) is 10.2 Å². The highest BCUT2D eigenvalue weighted by Crippen LogP contribution is 2.33. The van der Waals surface area contributed by atoms with Crippen LogP contribution in [-0.2, 0) is 22.9 Å². The van der Waals surface area contributed by atoms with Gasteiger partial charge < -0.3 is 13.9 Å². The minimum absolute atomic E-state index is 0.0534. The third-order valence-corrected chi connectivity index (χ3v) is 8.08. The average molecular weight is 519 g/mol. The van der Waals surface area contributed by atoms with Gasteiger partial charge in [-0.25, -0.2) is 8.42 Å². The van der Waals surface area contributed by atoms with Crippen LogP contribution in [0.25, 0.3) is 0 Å². The molecule has 1 N–H and O–H groups in total. The Morgan fingerprint density at radius 2 is 1.78 bits per heavy atom. The predicted octanol–water partition coefficient (Wildman–Crippen LogP) is 3.78. The molecule has 0 fully saturated rings. The normalized spacial score (nSPS) is 14.3. The summed E-state index contributed by atoms with van der Waals surface area (Å²) in [5, 5.41) is 10.4. The highest BCUT2D eigenvalue weighted by molar-refractivity contribution is 7.92. The third kappa shape index (κ3) is 4.49. The van der Waals surface area contributed by atoms with E-state index in [1.807, 2.05) is 42.5 Å². The zero-order valence-electron chi connectivity index (χ0n) is 19.6. The molecule has 2 aliphatic rings. The van der Waals surface area contributed by atoms with Gasteiger partial charge in [-0.2, -0.15) is 0 Å². The number of anilines is 2. The van der Waals surface area contributed by atoms with Gasteiger partial charge in [0.05, 0.1) is 17.0 Å². The van der Waals surface area contributed by atoms with Crippen molar-refractivity contribution < 1.29 is 27.1 Å². The monoisotopic (exact) mass is 518 g/mol. The third-order valence-electron chi connectivity index (χ3n) is 6.25. The van der Waals surface area contributed by atoms with Crippen LogP contribution in [0.4, 0.5) is 11.7 Å². The molecule has 1 aromatic heterocycles. The lowest BCUT2D eigenvalue weighted by Crippen LogP contribution is -2.35. The summed E-state index contributed by atoms with van der Waals surface area (Å²) < 4.78 is 44.3. The summed E-state index contributed by atoms with van der Waals surface area (Å²) in [6.45, 7) is 0.599. The van der Waals surface area contributed by atoms with E-state index in [0.29, 0.717) is 36.0 Å². The summed E-state index contributed by atoms with van der Waals surface area (Å²) in [4.78, 5) is 12.8. The number of rotatable bonds is 6. The van der Waals surface area contributed by atoms with Crippen molar-refractivity contribution in [3.05, 3.63) is 89.3 Å². The average Bonchev–Trinajstić information content (AvgIpc) is 3.57. The molecule has 10 nitrogen and oxygen atoms in total. The summed E-state index contributed by atoms with van der Waals surface area (Å²) in [5.74, 6) is 1.16. The SMILES string of the molecule is O=C(Nc1nnc(Cc2ccc3c(c2)OCO3)o1)c1ccc(S(=O)(=O)N2CCCc3ccccc32)cc1. The Morgan fingerprint density at radius 1 is 0.973 bits per heavy atom. The first-order chi connectivity index (χ1) is 18.0. The van der Waals surface area contributed by atoms with Crippen LogP contribution in [-0.4, -0.2) is 37.9 Å². The fraction of sp³-hybridized carbons (Fsp3) is 0.192. The van der Waals surface area contributed by atoms with Gasteiger partial charge in [0.1, 0.15) is 0 Å². The van der Waals surface area contributed by atoms with E-state index >= 15 is 0 Å². The molecule has 0 spiro atoms. The van der Waals surface area contributed by atoms with E-state index in [1.165, 1.54) is 28.6 Å². The summed E-state index contributed by atoms with van der Waals surface area (Å²) in [7, 11) is -3.76. The maximum absolute atomic E-state index is 13.3. The second-order valence-electron chi connectivity index (χ2n) is 8.65. The lowest BCUT2D eigenvalue weighted by atomic mass is 10.0. The first-order valence-corrected chi connectivity index (χ1v) is 13.1. The number of sulfonamides is 1. The zero-order chi connectivity index (χ0) is 25.4. The van der Waals surface area contributed by atoms with Gasteiger partial charge in [-0.1, -0.05) is 29.4 Å². The van der Waals surface area contributed by atoms with Crippen LogP contribution in [0.1, 0.15) is 33.8 Å². The van der Waals surface area contributed by atoms with Crippen molar-refractivity contribution in [2.24, 2.45) is 0 Å². The van der Waals surface area contributed by atoms with E-state index in [2.05, 4.69) is 15.5 Å². The second-order valence-corrected chi connectivity index (χ2v) is 10.5. The van der Waals surface area contributed by atoms with Gasteiger partial charge in [0.2, 0.25) is 12.7 Å². The first-order valence-electron chi connectivity index (χ1n) is 11.7. The van der Waals surface area contributed by atoms with Gasteiger partial charge >= 0.3 is 6.01 Å². The van der Waals surface area contributed by atoms with E-state index in [1.54, 1.807) is 0 Å². The molecule has 0 bridgehead atoms. The Hall–Kier alpha value is -4.38. The molecular formula is C26H22N4O6S. The van der Waals surface area contributed by atoms with Gasteiger partial charge in [-0.05, 0) is 66.4 Å². The quantitative estimate of drug-likeness (QED) is 0.409. The predicted molar refractivity (Wildman–Crippen MR) is 133 cm³/mol. The largest absolute Gasteiger partial charge is 0.454 e. The molecule has 0 unspecified atom stereocenters. The minimum atomic E-state index is -3.76. The Balaban J connectivity index is 1.13. The van der Waals surface area contributed by atoms with Crippen molar-refractivity contribution in [3.8, 4) is 11.5 Å². The molecule has 0 radical (unpaired) electrons. The van der Waals surface area contributed by atoms with Gasteiger partial charge in [-0.3, -0.25) is 14.4 Å². The van der Waals surface area contributed by atoms with E-state index in [4.69, 9.17) is 13.9 Å². The maximum Gasteiger partial charge on any atom is 0.322 e. The molecule has 0 saturated carbocycles. The molecular weight excluding hydrogens is 496 g/mol. The summed E-state index contributed by atoms with van der Waals surface area (Å²) in [6.07, 6.45) is 1.94. The van der Waals surface area contributed by atoms with Crippen LogP contribution in [0.3, 0.4) is 0 Å². The van der Waals surface area contributed by atoms with E-state index < -0.39 is 15.9 Å². The number of benzene rings is 3. The van der Waals surface area contributed by atoms with E-state index in [0.717, 1.165) is 24.0 Å². The number of ether oxygens (including phenoxy) is 2. The lowest BCUT2D eigenvalue weighted by Gasteiger charge is -2.30. The second kappa shape index (κ2) is 9.25. The molecule has 0 aliphatic carbocycles. The Labute approximate surface area is 212 Å². The Kier molecular flexibility index (Phi) is 5.76. The van der Waals surface area contributed by atoms with Crippen molar-refractivity contribution >= 4 is 27.6 Å². The van der Waals surface area contributed by atoms with Crippen molar-refractivity contribution in [3.63, 3.8) is 0 Å². The molecule has 188 valence electrons. The van der Waals surface area contributed by atoms with Crippen molar-refractivity contribution in [2.75, 3.05) is 23.0 Å². The Bertz CT molecular complexity index is 1580. The van der Waals surface area contributed by atoms with Gasteiger partial charge in [0, 0.05) is 12.1 Å². The Morgan fingerprint density at radius 3 is 2.65 bits per heavy atom.